The van der Waals surface area contributed by atoms with E-state index >= 15 is 0 Å². The second-order valence-electron chi connectivity index (χ2n) is 3.76. The molecule has 0 atom stereocenters. The van der Waals surface area contributed by atoms with Crippen molar-refractivity contribution < 1.29 is 18.9 Å². The zero-order valence-corrected chi connectivity index (χ0v) is 10.3. The molecule has 1 saturated heterocycles. The first-order valence-corrected chi connectivity index (χ1v) is 5.46. The van der Waals surface area contributed by atoms with Crippen molar-refractivity contribution in [2.75, 3.05) is 34.4 Å². The Morgan fingerprint density at radius 2 is 1.59 bits per heavy atom. The highest BCUT2D eigenvalue weighted by molar-refractivity contribution is 5.56. The molecule has 17 heavy (non-hydrogen) atoms. The maximum Gasteiger partial charge on any atom is 0.204 e. The standard InChI is InChI=1S/C12H17NO4/c1-14-8-4-10(15-2)12(11(5-8)16-3)17-9-6-13-7-9/h4-5,9,13H,6-7H2,1-3H3. The fourth-order valence-corrected chi connectivity index (χ4v) is 1.60. The largest absolute Gasteiger partial charge is 0.496 e. The fraction of sp³-hybridized carbons (Fsp3) is 0.500. The zero-order chi connectivity index (χ0) is 12.3. The van der Waals surface area contributed by atoms with Gasteiger partial charge in [0.15, 0.2) is 11.5 Å². The van der Waals surface area contributed by atoms with Crippen LogP contribution in [0.2, 0.25) is 0 Å². The molecular weight excluding hydrogens is 222 g/mol. The smallest absolute Gasteiger partial charge is 0.204 e. The lowest BCUT2D eigenvalue weighted by Crippen LogP contribution is -2.50. The van der Waals surface area contributed by atoms with Crippen molar-refractivity contribution in [1.29, 1.82) is 0 Å². The van der Waals surface area contributed by atoms with Gasteiger partial charge in [0.1, 0.15) is 11.9 Å². The molecule has 0 unspecified atom stereocenters. The minimum absolute atomic E-state index is 0.172. The van der Waals surface area contributed by atoms with E-state index in [4.69, 9.17) is 18.9 Å². The van der Waals surface area contributed by atoms with Gasteiger partial charge in [0.25, 0.3) is 0 Å². The predicted molar refractivity (Wildman–Crippen MR) is 63.4 cm³/mol. The number of rotatable bonds is 5. The third kappa shape index (κ3) is 2.39. The Morgan fingerprint density at radius 3 is 1.94 bits per heavy atom. The van der Waals surface area contributed by atoms with E-state index in [0.717, 1.165) is 13.1 Å². The van der Waals surface area contributed by atoms with Gasteiger partial charge in [-0.05, 0) is 0 Å². The molecule has 0 radical (unpaired) electrons. The summed E-state index contributed by atoms with van der Waals surface area (Å²) >= 11 is 0. The van der Waals surface area contributed by atoms with Crippen LogP contribution in [-0.2, 0) is 0 Å². The van der Waals surface area contributed by atoms with Crippen molar-refractivity contribution in [3.05, 3.63) is 12.1 Å². The van der Waals surface area contributed by atoms with Crippen molar-refractivity contribution >= 4 is 0 Å². The van der Waals surface area contributed by atoms with Gasteiger partial charge in [0.2, 0.25) is 5.75 Å². The Balaban J connectivity index is 2.31. The van der Waals surface area contributed by atoms with E-state index in [9.17, 15) is 0 Å². The number of methoxy groups -OCH3 is 3. The lowest BCUT2D eigenvalue weighted by Gasteiger charge is -2.29. The van der Waals surface area contributed by atoms with Gasteiger partial charge >= 0.3 is 0 Å². The Hall–Kier alpha value is -1.62. The van der Waals surface area contributed by atoms with Crippen molar-refractivity contribution in [2.24, 2.45) is 0 Å². The average molecular weight is 239 g/mol. The summed E-state index contributed by atoms with van der Waals surface area (Å²) in [5, 5.41) is 3.15. The molecule has 94 valence electrons. The SMILES string of the molecule is COc1cc(OC)c(OC2CNC2)c(OC)c1. The second-order valence-corrected chi connectivity index (χ2v) is 3.76. The highest BCUT2D eigenvalue weighted by Gasteiger charge is 2.23. The van der Waals surface area contributed by atoms with Crippen LogP contribution < -0.4 is 24.3 Å². The van der Waals surface area contributed by atoms with Crippen molar-refractivity contribution in [3.8, 4) is 23.0 Å². The molecule has 5 heteroatoms. The molecule has 1 aliphatic heterocycles. The summed E-state index contributed by atoms with van der Waals surface area (Å²) in [6, 6.07) is 3.56. The minimum atomic E-state index is 0.172. The molecule has 1 aromatic carbocycles. The molecule has 5 nitrogen and oxygen atoms in total. The first-order chi connectivity index (χ1) is 8.28. The Kier molecular flexibility index (Phi) is 3.58. The Morgan fingerprint density at radius 1 is 1.00 bits per heavy atom. The van der Waals surface area contributed by atoms with E-state index < -0.39 is 0 Å². The van der Waals surface area contributed by atoms with Crippen LogP contribution in [0.25, 0.3) is 0 Å². The van der Waals surface area contributed by atoms with Gasteiger partial charge in [-0.3, -0.25) is 0 Å². The maximum atomic E-state index is 5.83. The Labute approximate surface area is 101 Å². The summed E-state index contributed by atoms with van der Waals surface area (Å²) in [6.45, 7) is 1.69. The van der Waals surface area contributed by atoms with Crippen LogP contribution in [0.3, 0.4) is 0 Å². The molecule has 0 aromatic heterocycles. The highest BCUT2D eigenvalue weighted by Crippen LogP contribution is 2.41. The van der Waals surface area contributed by atoms with Crippen LogP contribution in [0.15, 0.2) is 12.1 Å². The molecule has 1 N–H and O–H groups in total. The van der Waals surface area contributed by atoms with E-state index in [1.54, 1.807) is 33.5 Å². The first-order valence-electron chi connectivity index (χ1n) is 5.46. The lowest BCUT2D eigenvalue weighted by atomic mass is 10.2. The normalized spacial score (nSPS) is 15.0. The maximum absolute atomic E-state index is 5.83. The van der Waals surface area contributed by atoms with Crippen LogP contribution in [0.4, 0.5) is 0 Å². The number of hydrogen-bond acceptors (Lipinski definition) is 5. The number of ether oxygens (including phenoxy) is 4. The van der Waals surface area contributed by atoms with Crippen LogP contribution in [0, 0.1) is 0 Å². The van der Waals surface area contributed by atoms with Gasteiger partial charge in [-0.25, -0.2) is 0 Å². The molecule has 1 aliphatic rings. The monoisotopic (exact) mass is 239 g/mol. The zero-order valence-electron chi connectivity index (χ0n) is 10.3. The van der Waals surface area contributed by atoms with E-state index in [1.165, 1.54) is 0 Å². The second kappa shape index (κ2) is 5.14. The summed E-state index contributed by atoms with van der Waals surface area (Å²) < 4.78 is 21.6. The van der Waals surface area contributed by atoms with Crippen LogP contribution in [0.5, 0.6) is 23.0 Å². The molecule has 0 amide bonds. The quantitative estimate of drug-likeness (QED) is 0.832. The summed E-state index contributed by atoms with van der Waals surface area (Å²) in [7, 11) is 4.80. The van der Waals surface area contributed by atoms with Crippen LogP contribution in [0.1, 0.15) is 0 Å². The van der Waals surface area contributed by atoms with E-state index in [-0.39, 0.29) is 6.10 Å². The van der Waals surface area contributed by atoms with Crippen molar-refractivity contribution in [3.63, 3.8) is 0 Å². The van der Waals surface area contributed by atoms with Crippen molar-refractivity contribution in [2.45, 2.75) is 6.10 Å². The molecular formula is C12H17NO4. The molecule has 0 spiro atoms. The van der Waals surface area contributed by atoms with Gasteiger partial charge in [-0.1, -0.05) is 0 Å². The third-order valence-electron chi connectivity index (χ3n) is 2.70. The fourth-order valence-electron chi connectivity index (χ4n) is 1.60. The minimum Gasteiger partial charge on any atom is -0.496 e. The number of hydrogen-bond donors (Lipinski definition) is 1. The average Bonchev–Trinajstić information content (AvgIpc) is 2.32. The Bertz CT molecular complexity index is 365. The van der Waals surface area contributed by atoms with Crippen LogP contribution in [-0.4, -0.2) is 40.5 Å². The number of benzene rings is 1. The summed E-state index contributed by atoms with van der Waals surface area (Å²) in [5.41, 5.74) is 0. The molecule has 2 rings (SSSR count). The molecule has 1 aromatic rings. The van der Waals surface area contributed by atoms with Crippen LogP contribution >= 0.6 is 0 Å². The number of nitrogens with one attached hydrogen (secondary N) is 1. The molecule has 1 heterocycles. The summed E-state index contributed by atoms with van der Waals surface area (Å²) in [6.07, 6.45) is 0.172. The predicted octanol–water partition coefficient (Wildman–Crippen LogP) is 1.06. The van der Waals surface area contributed by atoms with E-state index in [2.05, 4.69) is 5.32 Å². The van der Waals surface area contributed by atoms with Gasteiger partial charge in [-0.2, -0.15) is 0 Å². The summed E-state index contributed by atoms with van der Waals surface area (Å²) in [4.78, 5) is 0. The van der Waals surface area contributed by atoms with Gasteiger partial charge in [0, 0.05) is 25.2 Å². The van der Waals surface area contributed by atoms with Gasteiger partial charge in [0.05, 0.1) is 21.3 Å². The topological polar surface area (TPSA) is 49.0 Å². The molecule has 0 aliphatic carbocycles. The highest BCUT2D eigenvalue weighted by atomic mass is 16.5. The van der Waals surface area contributed by atoms with Gasteiger partial charge in [-0.15, -0.1) is 0 Å². The lowest BCUT2D eigenvalue weighted by molar-refractivity contribution is 0.132. The van der Waals surface area contributed by atoms with E-state index in [0.29, 0.717) is 23.0 Å². The van der Waals surface area contributed by atoms with Crippen molar-refractivity contribution in [1.82, 2.24) is 5.32 Å². The summed E-state index contributed by atoms with van der Waals surface area (Å²) in [5.74, 6) is 2.54. The molecule has 1 fully saturated rings. The molecule has 0 bridgehead atoms. The van der Waals surface area contributed by atoms with E-state index in [1.807, 2.05) is 0 Å². The van der Waals surface area contributed by atoms with Gasteiger partial charge < -0.3 is 24.3 Å². The third-order valence-corrected chi connectivity index (χ3v) is 2.70. The first kappa shape index (κ1) is 11.9. The molecule has 0 saturated carbocycles.